The van der Waals surface area contributed by atoms with Crippen LogP contribution in [0.5, 0.6) is 0 Å². The summed E-state index contributed by atoms with van der Waals surface area (Å²) in [5.41, 5.74) is 0. The minimum absolute atomic E-state index is 0.664. The third-order valence-electron chi connectivity index (χ3n) is 0.117. The number of hydrogen-bond donors (Lipinski definition) is 0. The van der Waals surface area contributed by atoms with Crippen LogP contribution >= 0.6 is 23.2 Å². The van der Waals surface area contributed by atoms with Gasteiger partial charge in [-0.1, -0.05) is 0 Å². The quantitative estimate of drug-likeness (QED) is 0.459. The monoisotopic (exact) mass is 116 g/mol. The minimum Gasteiger partial charge on any atom is -0.248 e. The molecule has 0 aliphatic carbocycles. The van der Waals surface area contributed by atoms with Crippen LogP contribution in [-0.2, 0) is 0 Å². The minimum atomic E-state index is -0.838. The molecule has 0 spiro atoms. The normalized spacial score (nSPS) is 9.60. The van der Waals surface area contributed by atoms with Crippen LogP contribution in [0.1, 0.15) is 0 Å². The summed E-state index contributed by atoms with van der Waals surface area (Å²) in [7, 11) is 0. The molecule has 0 unspecified atom stereocenters. The van der Waals surface area contributed by atoms with E-state index in [1.807, 2.05) is 0 Å². The molecular formula is C2H3Cl2F. The Balaban J connectivity index is 2.54. The average Bonchev–Trinajstić information content (AvgIpc) is 1.38. The molecule has 0 aromatic heterocycles. The molecule has 0 radical (unpaired) electrons. The summed E-state index contributed by atoms with van der Waals surface area (Å²) < 4.78 is 10.9. The molecule has 0 amide bonds. The highest BCUT2D eigenvalue weighted by Gasteiger charge is 1.90. The van der Waals surface area contributed by atoms with E-state index in [1.165, 1.54) is 0 Å². The van der Waals surface area contributed by atoms with Gasteiger partial charge in [0.1, 0.15) is 11.5 Å². The summed E-state index contributed by atoms with van der Waals surface area (Å²) >= 11 is 9.71. The first-order valence-corrected chi connectivity index (χ1v) is 1.98. The van der Waals surface area contributed by atoms with E-state index in [9.17, 15) is 4.39 Å². The molecule has 0 nitrogen and oxygen atoms in total. The van der Waals surface area contributed by atoms with Crippen molar-refractivity contribution in [3.8, 4) is 0 Å². The van der Waals surface area contributed by atoms with E-state index in [1.54, 1.807) is 0 Å². The summed E-state index contributed by atoms with van der Waals surface area (Å²) in [4.78, 5) is -0.838. The summed E-state index contributed by atoms with van der Waals surface area (Å²) in [5.74, 6) is 0. The summed E-state index contributed by atoms with van der Waals surface area (Å²) in [6.07, 6.45) is 0. The van der Waals surface area contributed by atoms with Gasteiger partial charge in [-0.2, -0.15) is 0 Å². The predicted molar refractivity (Wildman–Crippen MR) is 21.5 cm³/mol. The molecule has 0 fully saturated rings. The lowest BCUT2D eigenvalue weighted by Crippen LogP contribution is -1.84. The van der Waals surface area contributed by atoms with Crippen LogP contribution in [0.4, 0.5) is 4.39 Å². The Morgan fingerprint density at radius 1 is 1.60 bits per heavy atom. The third kappa shape index (κ3) is 4.51. The van der Waals surface area contributed by atoms with Gasteiger partial charge in [-0.15, -0.1) is 23.2 Å². The first-order valence-electron chi connectivity index (χ1n) is 1.11. The van der Waals surface area contributed by atoms with Gasteiger partial charge in [0.2, 0.25) is 0 Å². The second-order valence-corrected chi connectivity index (χ2v) is 1.82. The second-order valence-electron chi connectivity index (χ2n) is 0.545. The lowest BCUT2D eigenvalue weighted by molar-refractivity contribution is 0.517. The van der Waals surface area contributed by atoms with Gasteiger partial charge in [0, 0.05) is 0 Å². The molecular weight excluding hydrogens is 114 g/mol. The van der Waals surface area contributed by atoms with E-state index in [0.717, 1.165) is 0 Å². The first-order chi connectivity index (χ1) is 2.27. The molecule has 0 heterocycles. The maximum Gasteiger partial charge on any atom is 0.136 e. The van der Waals surface area contributed by atoms with Gasteiger partial charge in [0.25, 0.3) is 0 Å². The Kier molecular flexibility index (Phi) is 3.01. The van der Waals surface area contributed by atoms with E-state index in [-0.39, 0.29) is 0 Å². The maximum atomic E-state index is 10.9. The summed E-state index contributed by atoms with van der Waals surface area (Å²) in [6, 6.07) is 0. The molecule has 0 saturated carbocycles. The van der Waals surface area contributed by atoms with Crippen molar-refractivity contribution in [2.75, 3.05) is 6.67 Å². The van der Waals surface area contributed by atoms with Crippen LogP contribution in [0.2, 0.25) is 0 Å². The largest absolute Gasteiger partial charge is 0.248 e. The molecule has 0 aromatic rings. The molecule has 0 atom stereocenters. The zero-order valence-electron chi connectivity index (χ0n) is 2.42. The van der Waals surface area contributed by atoms with Crippen molar-refractivity contribution in [3.05, 3.63) is 0 Å². The van der Waals surface area contributed by atoms with Crippen LogP contribution in [0.3, 0.4) is 0 Å². The second kappa shape index (κ2) is 2.73. The smallest absolute Gasteiger partial charge is 0.136 e. The summed E-state index contributed by atoms with van der Waals surface area (Å²) in [5, 5.41) is 0. The van der Waals surface area contributed by atoms with E-state index in [2.05, 4.69) is 0 Å². The van der Waals surface area contributed by atoms with Gasteiger partial charge in [0.15, 0.2) is 0 Å². The van der Waals surface area contributed by atoms with Crippen molar-refractivity contribution in [3.63, 3.8) is 0 Å². The lowest BCUT2D eigenvalue weighted by Gasteiger charge is -1.81. The van der Waals surface area contributed by atoms with E-state index in [4.69, 9.17) is 23.2 Å². The SMILES string of the molecule is FCC(Cl)Cl. The number of alkyl halides is 3. The molecule has 5 heavy (non-hydrogen) atoms. The topological polar surface area (TPSA) is 0 Å². The molecule has 0 aliphatic heterocycles. The molecule has 3 heteroatoms. The van der Waals surface area contributed by atoms with Crippen molar-refractivity contribution in [1.29, 1.82) is 0 Å². The van der Waals surface area contributed by atoms with E-state index >= 15 is 0 Å². The number of rotatable bonds is 1. The van der Waals surface area contributed by atoms with Crippen LogP contribution < -0.4 is 0 Å². The molecule has 0 aliphatic rings. The van der Waals surface area contributed by atoms with Crippen molar-refractivity contribution in [2.45, 2.75) is 4.84 Å². The van der Waals surface area contributed by atoms with Gasteiger partial charge >= 0.3 is 0 Å². The van der Waals surface area contributed by atoms with Crippen LogP contribution in [0, 0.1) is 0 Å². The number of halogens is 3. The first kappa shape index (κ1) is 5.51. The van der Waals surface area contributed by atoms with Gasteiger partial charge in [-0.05, 0) is 0 Å². The highest BCUT2D eigenvalue weighted by Crippen LogP contribution is 1.99. The Bertz CT molecular complexity index is 21.6. The van der Waals surface area contributed by atoms with Crippen LogP contribution in [0.15, 0.2) is 0 Å². The van der Waals surface area contributed by atoms with Crippen molar-refractivity contribution < 1.29 is 4.39 Å². The molecule has 0 N–H and O–H groups in total. The Morgan fingerprint density at radius 3 is 1.80 bits per heavy atom. The fraction of sp³-hybridized carbons (Fsp3) is 1.00. The molecule has 32 valence electrons. The van der Waals surface area contributed by atoms with Gasteiger partial charge in [0.05, 0.1) is 0 Å². The molecule has 0 aromatic carbocycles. The fourth-order valence-electron chi connectivity index (χ4n) is 0. The van der Waals surface area contributed by atoms with Gasteiger partial charge in [-0.3, -0.25) is 0 Å². The Labute approximate surface area is 39.9 Å². The van der Waals surface area contributed by atoms with Crippen molar-refractivity contribution >= 4 is 23.2 Å². The fourth-order valence-corrected chi connectivity index (χ4v) is 0. The van der Waals surface area contributed by atoms with Gasteiger partial charge in [-0.25, -0.2) is 4.39 Å². The molecule has 0 rings (SSSR count). The lowest BCUT2D eigenvalue weighted by atomic mass is 10.9. The van der Waals surface area contributed by atoms with Crippen LogP contribution in [0.25, 0.3) is 0 Å². The third-order valence-corrected chi connectivity index (χ3v) is 0.350. The van der Waals surface area contributed by atoms with E-state index in [0.29, 0.717) is 0 Å². The average molecular weight is 117 g/mol. The predicted octanol–water partition coefficient (Wildman–Crippen LogP) is 1.76. The Hall–Kier alpha value is 0.510. The van der Waals surface area contributed by atoms with E-state index < -0.39 is 11.5 Å². The zero-order valence-corrected chi connectivity index (χ0v) is 3.93. The molecule has 0 saturated heterocycles. The van der Waals surface area contributed by atoms with Gasteiger partial charge < -0.3 is 0 Å². The van der Waals surface area contributed by atoms with Crippen molar-refractivity contribution in [2.24, 2.45) is 0 Å². The Morgan fingerprint density at radius 2 is 1.80 bits per heavy atom. The number of hydrogen-bond acceptors (Lipinski definition) is 0. The summed E-state index contributed by atoms with van der Waals surface area (Å²) in [6.45, 7) is -0.664. The van der Waals surface area contributed by atoms with Crippen molar-refractivity contribution in [1.82, 2.24) is 0 Å². The zero-order chi connectivity index (χ0) is 4.28. The highest BCUT2D eigenvalue weighted by molar-refractivity contribution is 6.44. The molecule has 0 bridgehead atoms. The highest BCUT2D eigenvalue weighted by atomic mass is 35.5. The maximum absolute atomic E-state index is 10.9. The standard InChI is InChI=1S/C2H3Cl2F/c3-2(4)1-5/h2H,1H2. The van der Waals surface area contributed by atoms with Crippen LogP contribution in [-0.4, -0.2) is 11.5 Å².